The van der Waals surface area contributed by atoms with Gasteiger partial charge in [0.2, 0.25) is 6.79 Å². The van der Waals surface area contributed by atoms with Crippen LogP contribution in [0.25, 0.3) is 0 Å². The van der Waals surface area contributed by atoms with E-state index in [9.17, 15) is 4.79 Å². The molecule has 29 heavy (non-hydrogen) atoms. The molecule has 152 valence electrons. The summed E-state index contributed by atoms with van der Waals surface area (Å²) >= 11 is 0. The molecule has 0 fully saturated rings. The SMILES string of the molecule is CCOc1ccc(C(=O)NCC#CCOc2ccc3c(c2)OCO3)cc1OCC. The van der Waals surface area contributed by atoms with Gasteiger partial charge in [-0.3, -0.25) is 4.79 Å². The minimum absolute atomic E-state index is 0.201. The van der Waals surface area contributed by atoms with Crippen LogP contribution >= 0.6 is 0 Å². The molecule has 1 N–H and O–H groups in total. The van der Waals surface area contributed by atoms with Crippen molar-refractivity contribution < 1.29 is 28.5 Å². The van der Waals surface area contributed by atoms with E-state index >= 15 is 0 Å². The van der Waals surface area contributed by atoms with Gasteiger partial charge in [0.25, 0.3) is 5.91 Å². The Morgan fingerprint density at radius 2 is 1.76 bits per heavy atom. The van der Waals surface area contributed by atoms with Gasteiger partial charge in [-0.25, -0.2) is 0 Å². The van der Waals surface area contributed by atoms with E-state index in [4.69, 9.17) is 23.7 Å². The quantitative estimate of drug-likeness (QED) is 0.690. The average molecular weight is 397 g/mol. The average Bonchev–Trinajstić information content (AvgIpc) is 3.20. The van der Waals surface area contributed by atoms with Crippen molar-refractivity contribution in [3.05, 3.63) is 42.0 Å². The first-order chi connectivity index (χ1) is 14.2. The third-order valence-electron chi connectivity index (χ3n) is 3.92. The molecule has 0 bridgehead atoms. The maximum Gasteiger partial charge on any atom is 0.252 e. The van der Waals surface area contributed by atoms with Gasteiger partial charge in [-0.2, -0.15) is 0 Å². The lowest BCUT2D eigenvalue weighted by Gasteiger charge is -2.12. The van der Waals surface area contributed by atoms with Crippen molar-refractivity contribution in [3.63, 3.8) is 0 Å². The molecule has 1 amide bonds. The number of hydrogen-bond acceptors (Lipinski definition) is 6. The summed E-state index contributed by atoms with van der Waals surface area (Å²) in [5.74, 6) is 8.65. The molecule has 7 nitrogen and oxygen atoms in total. The summed E-state index contributed by atoms with van der Waals surface area (Å²) in [4.78, 5) is 12.3. The molecule has 1 heterocycles. The van der Waals surface area contributed by atoms with Gasteiger partial charge in [-0.05, 0) is 44.2 Å². The molecule has 7 heteroatoms. The van der Waals surface area contributed by atoms with Crippen molar-refractivity contribution in [1.29, 1.82) is 0 Å². The summed E-state index contributed by atoms with van der Waals surface area (Å²) in [6.07, 6.45) is 0. The van der Waals surface area contributed by atoms with E-state index in [0.29, 0.717) is 47.5 Å². The van der Waals surface area contributed by atoms with Crippen LogP contribution < -0.4 is 29.0 Å². The van der Waals surface area contributed by atoms with Crippen LogP contribution in [0.1, 0.15) is 24.2 Å². The first kappa shape index (κ1) is 20.2. The van der Waals surface area contributed by atoms with Gasteiger partial charge in [0, 0.05) is 11.6 Å². The highest BCUT2D eigenvalue weighted by Gasteiger charge is 2.13. The molecule has 1 aliphatic rings. The minimum atomic E-state index is -0.236. The number of hydrogen-bond donors (Lipinski definition) is 1. The molecule has 0 aromatic heterocycles. The largest absolute Gasteiger partial charge is 0.490 e. The molecule has 1 aliphatic heterocycles. The van der Waals surface area contributed by atoms with Crippen molar-refractivity contribution in [2.45, 2.75) is 13.8 Å². The topological polar surface area (TPSA) is 75.3 Å². The van der Waals surface area contributed by atoms with Crippen molar-refractivity contribution in [3.8, 4) is 40.6 Å². The third kappa shape index (κ3) is 5.48. The number of carbonyl (C=O) groups excluding carboxylic acids is 1. The second-order valence-corrected chi connectivity index (χ2v) is 5.87. The summed E-state index contributed by atoms with van der Waals surface area (Å²) in [6, 6.07) is 10.4. The Morgan fingerprint density at radius 1 is 0.966 bits per heavy atom. The lowest BCUT2D eigenvalue weighted by Crippen LogP contribution is -2.23. The Labute approximate surface area is 169 Å². The van der Waals surface area contributed by atoms with Crippen LogP contribution in [-0.2, 0) is 0 Å². The fraction of sp³-hybridized carbons (Fsp3) is 0.318. The summed E-state index contributed by atoms with van der Waals surface area (Å²) in [7, 11) is 0. The molecule has 0 saturated heterocycles. The Bertz CT molecular complexity index is 915. The molecule has 0 unspecified atom stereocenters. The molecular weight excluding hydrogens is 374 g/mol. The van der Waals surface area contributed by atoms with Crippen LogP contribution in [0.3, 0.4) is 0 Å². The number of carbonyl (C=O) groups is 1. The van der Waals surface area contributed by atoms with E-state index in [-0.39, 0.29) is 25.9 Å². The zero-order valence-corrected chi connectivity index (χ0v) is 16.4. The second kappa shape index (κ2) is 10.1. The van der Waals surface area contributed by atoms with Crippen molar-refractivity contribution in [2.24, 2.45) is 0 Å². The smallest absolute Gasteiger partial charge is 0.252 e. The van der Waals surface area contributed by atoms with Crippen LogP contribution in [0.4, 0.5) is 0 Å². The predicted octanol–water partition coefficient (Wildman–Crippen LogP) is 3.02. The van der Waals surface area contributed by atoms with Crippen LogP contribution in [-0.4, -0.2) is 39.1 Å². The number of ether oxygens (including phenoxy) is 5. The van der Waals surface area contributed by atoms with Gasteiger partial charge in [0.05, 0.1) is 19.8 Å². The van der Waals surface area contributed by atoms with Crippen molar-refractivity contribution >= 4 is 5.91 Å². The van der Waals surface area contributed by atoms with E-state index in [1.165, 1.54) is 0 Å². The van der Waals surface area contributed by atoms with Gasteiger partial charge in [-0.15, -0.1) is 0 Å². The summed E-state index contributed by atoms with van der Waals surface area (Å²) in [6.45, 7) is 5.41. The lowest BCUT2D eigenvalue weighted by molar-refractivity contribution is 0.0958. The highest BCUT2D eigenvalue weighted by Crippen LogP contribution is 2.35. The number of amides is 1. The van der Waals surface area contributed by atoms with E-state index in [2.05, 4.69) is 17.2 Å². The van der Waals surface area contributed by atoms with Crippen LogP contribution in [0.5, 0.6) is 28.7 Å². The molecule has 0 atom stereocenters. The Balaban J connectivity index is 1.47. The highest BCUT2D eigenvalue weighted by atomic mass is 16.7. The number of rotatable bonds is 8. The van der Waals surface area contributed by atoms with Crippen molar-refractivity contribution in [2.75, 3.05) is 33.2 Å². The van der Waals surface area contributed by atoms with E-state index < -0.39 is 0 Å². The second-order valence-electron chi connectivity index (χ2n) is 5.87. The monoisotopic (exact) mass is 397 g/mol. The van der Waals surface area contributed by atoms with Gasteiger partial charge >= 0.3 is 0 Å². The highest BCUT2D eigenvalue weighted by molar-refractivity contribution is 5.95. The molecule has 3 rings (SSSR count). The van der Waals surface area contributed by atoms with Crippen LogP contribution in [0, 0.1) is 11.8 Å². The third-order valence-corrected chi connectivity index (χ3v) is 3.92. The minimum Gasteiger partial charge on any atom is -0.490 e. The maximum atomic E-state index is 12.3. The molecular formula is C22H23NO6. The van der Waals surface area contributed by atoms with Gasteiger partial charge in [0.15, 0.2) is 23.0 Å². The molecule has 2 aromatic rings. The Hall–Kier alpha value is -3.53. The molecule has 2 aromatic carbocycles. The zero-order chi connectivity index (χ0) is 20.5. The summed E-state index contributed by atoms with van der Waals surface area (Å²) < 4.78 is 27.1. The normalized spacial score (nSPS) is 11.2. The fourth-order valence-electron chi connectivity index (χ4n) is 2.62. The first-order valence-electron chi connectivity index (χ1n) is 9.37. The number of nitrogens with one attached hydrogen (secondary N) is 1. The molecule has 0 radical (unpaired) electrons. The van der Waals surface area contributed by atoms with E-state index in [1.54, 1.807) is 36.4 Å². The molecule has 0 saturated carbocycles. The van der Waals surface area contributed by atoms with Crippen LogP contribution in [0.2, 0.25) is 0 Å². The predicted molar refractivity (Wildman–Crippen MR) is 107 cm³/mol. The standard InChI is InChI=1S/C22H23NO6/c1-3-25-18-9-7-16(13-20(18)26-4-2)22(24)23-11-5-6-12-27-17-8-10-19-21(14-17)29-15-28-19/h7-10,13-14H,3-4,11-12,15H2,1-2H3,(H,23,24). The summed E-state index contributed by atoms with van der Waals surface area (Å²) in [5.41, 5.74) is 0.482. The number of benzene rings is 2. The summed E-state index contributed by atoms with van der Waals surface area (Å²) in [5, 5.41) is 2.75. The Morgan fingerprint density at radius 3 is 2.59 bits per heavy atom. The van der Waals surface area contributed by atoms with Crippen molar-refractivity contribution in [1.82, 2.24) is 5.32 Å². The molecule has 0 spiro atoms. The van der Waals surface area contributed by atoms with Gasteiger partial charge in [0.1, 0.15) is 12.4 Å². The fourth-order valence-corrected chi connectivity index (χ4v) is 2.62. The van der Waals surface area contributed by atoms with E-state index in [1.807, 2.05) is 13.8 Å². The Kier molecular flexibility index (Phi) is 7.06. The van der Waals surface area contributed by atoms with Crippen LogP contribution in [0.15, 0.2) is 36.4 Å². The van der Waals surface area contributed by atoms with E-state index in [0.717, 1.165) is 0 Å². The van der Waals surface area contributed by atoms with Gasteiger partial charge in [-0.1, -0.05) is 11.8 Å². The maximum absolute atomic E-state index is 12.3. The van der Waals surface area contributed by atoms with Gasteiger partial charge < -0.3 is 29.0 Å². The lowest BCUT2D eigenvalue weighted by atomic mass is 10.2. The zero-order valence-electron chi connectivity index (χ0n) is 16.4. The first-order valence-corrected chi connectivity index (χ1v) is 9.37. The molecule has 0 aliphatic carbocycles. The number of fused-ring (bicyclic) bond motifs is 1.